The molecule has 0 radical (unpaired) electrons. The van der Waals surface area contributed by atoms with E-state index in [2.05, 4.69) is 9.71 Å². The van der Waals surface area contributed by atoms with Crippen LogP contribution in [0.5, 0.6) is 0 Å². The van der Waals surface area contributed by atoms with Gasteiger partial charge in [0.2, 0.25) is 10.0 Å². The van der Waals surface area contributed by atoms with Crippen LogP contribution in [0.3, 0.4) is 0 Å². The normalized spacial score (nSPS) is 11.8. The van der Waals surface area contributed by atoms with Crippen molar-refractivity contribution in [3.05, 3.63) is 112 Å². The van der Waals surface area contributed by atoms with Gasteiger partial charge >= 0.3 is 0 Å². The number of thiophene rings is 1. The van der Waals surface area contributed by atoms with E-state index < -0.39 is 10.0 Å². The third kappa shape index (κ3) is 6.03. The quantitative estimate of drug-likeness (QED) is 0.230. The van der Waals surface area contributed by atoms with E-state index >= 15 is 0 Å². The fourth-order valence-corrected chi connectivity index (χ4v) is 7.15. The summed E-state index contributed by atoms with van der Waals surface area (Å²) < 4.78 is 32.6. The van der Waals surface area contributed by atoms with Crippen LogP contribution in [0.2, 0.25) is 0 Å². The second kappa shape index (κ2) is 11.6. The lowest BCUT2D eigenvalue weighted by molar-refractivity contribution is 0.0770. The molecule has 10 nitrogen and oxygen atoms in total. The van der Waals surface area contributed by atoms with Gasteiger partial charge in [-0.25, -0.2) is 18.4 Å². The van der Waals surface area contributed by atoms with Crippen molar-refractivity contribution in [2.24, 2.45) is 12.8 Å². The predicted octanol–water partition coefficient (Wildman–Crippen LogP) is 4.71. The van der Waals surface area contributed by atoms with Crippen LogP contribution in [0.1, 0.15) is 33.1 Å². The Kier molecular flexibility index (Phi) is 7.74. The van der Waals surface area contributed by atoms with Gasteiger partial charge in [0, 0.05) is 44.1 Å². The minimum atomic E-state index is -3.66. The topological polar surface area (TPSA) is 128 Å². The number of hydrogen-bond acceptors (Lipinski definition) is 7. The molecule has 3 N–H and O–H groups in total. The van der Waals surface area contributed by atoms with Crippen molar-refractivity contribution in [1.82, 2.24) is 24.0 Å². The summed E-state index contributed by atoms with van der Waals surface area (Å²) in [5, 5.41) is 6.31. The van der Waals surface area contributed by atoms with Gasteiger partial charge in [-0.15, -0.1) is 0 Å². The van der Waals surface area contributed by atoms with Gasteiger partial charge in [0.05, 0.1) is 24.5 Å². The molecular weight excluding hydrogens is 583 g/mol. The van der Waals surface area contributed by atoms with E-state index in [4.69, 9.17) is 10.7 Å². The average molecular weight is 614 g/mol. The standard InChI is InChI=1S/C31H31N7O3S2/c1-36-11-10-33-29(36)18-37(2)31(39)28-15-23-7-8-25(16-32)34-30(23)38(28)17-24-14-26(13-22-5-3-4-6-27(22)24)35-43(40,41)20-21-9-12-42-19-21/h3-15,19,35H,16-18,20,32H2,1-2H3. The number of carbonyl (C=O) groups is 1. The minimum Gasteiger partial charge on any atom is -0.337 e. The first kappa shape index (κ1) is 28.6. The van der Waals surface area contributed by atoms with Crippen LogP contribution in [0.4, 0.5) is 5.69 Å². The van der Waals surface area contributed by atoms with Gasteiger partial charge in [0.25, 0.3) is 5.91 Å². The van der Waals surface area contributed by atoms with Gasteiger partial charge in [-0.1, -0.05) is 24.3 Å². The number of imidazole rings is 1. The summed E-state index contributed by atoms with van der Waals surface area (Å²) >= 11 is 1.46. The number of aromatic nitrogens is 4. The molecule has 2 aromatic carbocycles. The Bertz CT molecular complexity index is 2050. The molecule has 1 amide bonds. The Labute approximate surface area is 253 Å². The van der Waals surface area contributed by atoms with Crippen LogP contribution in [-0.4, -0.2) is 45.4 Å². The van der Waals surface area contributed by atoms with Gasteiger partial charge in [0.1, 0.15) is 17.2 Å². The summed E-state index contributed by atoms with van der Waals surface area (Å²) in [5.74, 6) is 0.455. The first-order valence-electron chi connectivity index (χ1n) is 13.6. The number of nitrogens with two attached hydrogens (primary N) is 1. The van der Waals surface area contributed by atoms with E-state index in [1.165, 1.54) is 11.3 Å². The number of rotatable bonds is 10. The van der Waals surface area contributed by atoms with Gasteiger partial charge in [-0.2, -0.15) is 11.3 Å². The highest BCUT2D eigenvalue weighted by atomic mass is 32.2. The number of anilines is 1. The lowest BCUT2D eigenvalue weighted by Crippen LogP contribution is -2.29. The number of fused-ring (bicyclic) bond motifs is 2. The molecule has 0 spiro atoms. The van der Waals surface area contributed by atoms with Gasteiger partial charge < -0.3 is 19.8 Å². The molecule has 0 aliphatic heterocycles. The number of nitrogens with zero attached hydrogens (tertiary/aromatic N) is 5. The smallest absolute Gasteiger partial charge is 0.270 e. The third-order valence-electron chi connectivity index (χ3n) is 7.36. The number of aryl methyl sites for hydroxylation is 1. The second-order valence-corrected chi connectivity index (χ2v) is 13.0. The molecule has 4 heterocycles. The molecule has 0 unspecified atom stereocenters. The van der Waals surface area contributed by atoms with Gasteiger partial charge in [0.15, 0.2) is 0 Å². The molecular formula is C31H31N7O3S2. The molecule has 0 aliphatic carbocycles. The molecule has 6 aromatic rings. The van der Waals surface area contributed by atoms with E-state index in [0.29, 0.717) is 29.3 Å². The summed E-state index contributed by atoms with van der Waals surface area (Å²) in [7, 11) is -0.0175. The Balaban J connectivity index is 1.42. The Morgan fingerprint density at radius 1 is 1.09 bits per heavy atom. The summed E-state index contributed by atoms with van der Waals surface area (Å²) in [6.07, 6.45) is 3.55. The molecule has 4 aromatic heterocycles. The molecule has 0 aliphatic rings. The molecule has 220 valence electrons. The van der Waals surface area contributed by atoms with Crippen LogP contribution in [0, 0.1) is 0 Å². The largest absolute Gasteiger partial charge is 0.337 e. The number of carbonyl (C=O) groups excluding carboxylic acids is 1. The van der Waals surface area contributed by atoms with Gasteiger partial charge in [-0.05, 0) is 69.1 Å². The van der Waals surface area contributed by atoms with Crippen molar-refractivity contribution in [3.8, 4) is 0 Å². The molecule has 0 atom stereocenters. The molecule has 0 bridgehead atoms. The molecule has 43 heavy (non-hydrogen) atoms. The number of sulfonamides is 1. The highest BCUT2D eigenvalue weighted by molar-refractivity contribution is 7.91. The number of nitrogens with one attached hydrogen (secondary N) is 1. The van der Waals surface area contributed by atoms with Crippen LogP contribution >= 0.6 is 11.3 Å². The van der Waals surface area contributed by atoms with E-state index in [0.717, 1.165) is 33.1 Å². The zero-order valence-electron chi connectivity index (χ0n) is 23.8. The summed E-state index contributed by atoms with van der Waals surface area (Å²) in [6.45, 7) is 0.867. The number of amides is 1. The van der Waals surface area contributed by atoms with Crippen LogP contribution in [-0.2, 0) is 42.5 Å². The van der Waals surface area contributed by atoms with E-state index in [1.807, 2.05) is 87.7 Å². The molecule has 0 saturated heterocycles. The van der Waals surface area contributed by atoms with E-state index in [1.54, 1.807) is 24.2 Å². The molecule has 12 heteroatoms. The highest BCUT2D eigenvalue weighted by Gasteiger charge is 2.22. The number of hydrogen-bond donors (Lipinski definition) is 2. The zero-order chi connectivity index (χ0) is 30.1. The highest BCUT2D eigenvalue weighted by Crippen LogP contribution is 2.29. The van der Waals surface area contributed by atoms with Crippen molar-refractivity contribution in [3.63, 3.8) is 0 Å². The molecule has 6 rings (SSSR count). The van der Waals surface area contributed by atoms with E-state index in [9.17, 15) is 13.2 Å². The first-order valence-corrected chi connectivity index (χ1v) is 16.2. The zero-order valence-corrected chi connectivity index (χ0v) is 25.4. The Hall–Kier alpha value is -4.52. The Morgan fingerprint density at radius 2 is 1.93 bits per heavy atom. The first-order chi connectivity index (χ1) is 20.7. The van der Waals surface area contributed by atoms with Crippen LogP contribution in [0.25, 0.3) is 21.8 Å². The SMILES string of the molecule is CN(Cc1nccn1C)C(=O)c1cc2ccc(CN)nc2n1Cc1cc(NS(=O)(=O)Cc2ccsc2)cc2ccccc12. The fraction of sp³-hybridized carbons (Fsp3) is 0.194. The Morgan fingerprint density at radius 3 is 2.67 bits per heavy atom. The lowest BCUT2D eigenvalue weighted by Gasteiger charge is -2.19. The van der Waals surface area contributed by atoms with Gasteiger partial charge in [-0.3, -0.25) is 9.52 Å². The number of benzene rings is 2. The maximum Gasteiger partial charge on any atom is 0.270 e. The predicted molar refractivity (Wildman–Crippen MR) is 170 cm³/mol. The van der Waals surface area contributed by atoms with Crippen molar-refractivity contribution >= 4 is 54.8 Å². The lowest BCUT2D eigenvalue weighted by atomic mass is 10.0. The van der Waals surface area contributed by atoms with Crippen molar-refractivity contribution in [2.75, 3.05) is 11.8 Å². The summed E-state index contributed by atoms with van der Waals surface area (Å²) in [6, 6.07) is 18.9. The summed E-state index contributed by atoms with van der Waals surface area (Å²) in [5.41, 5.74) is 9.74. The fourth-order valence-electron chi connectivity index (χ4n) is 5.21. The van der Waals surface area contributed by atoms with Crippen LogP contribution < -0.4 is 10.5 Å². The summed E-state index contributed by atoms with van der Waals surface area (Å²) in [4.78, 5) is 24.7. The van der Waals surface area contributed by atoms with Crippen LogP contribution in [0.15, 0.2) is 83.8 Å². The second-order valence-electron chi connectivity index (χ2n) is 10.5. The average Bonchev–Trinajstić information content (AvgIpc) is 3.73. The number of pyridine rings is 1. The maximum absolute atomic E-state index is 13.9. The molecule has 0 fully saturated rings. The maximum atomic E-state index is 13.9. The monoisotopic (exact) mass is 613 g/mol. The third-order valence-corrected chi connectivity index (χ3v) is 9.35. The van der Waals surface area contributed by atoms with Crippen molar-refractivity contribution in [1.29, 1.82) is 0 Å². The molecule has 0 saturated carbocycles. The van der Waals surface area contributed by atoms with E-state index in [-0.39, 0.29) is 24.7 Å². The van der Waals surface area contributed by atoms with Crippen molar-refractivity contribution in [2.45, 2.75) is 25.4 Å². The minimum absolute atomic E-state index is 0.117. The van der Waals surface area contributed by atoms with Crippen molar-refractivity contribution < 1.29 is 13.2 Å².